The average Bonchev–Trinajstić information content (AvgIpc) is 2.93. The molecule has 6 nitrogen and oxygen atoms in total. The van der Waals surface area contributed by atoms with Crippen molar-refractivity contribution in [3.8, 4) is 11.1 Å². The number of fused-ring (bicyclic) bond motifs is 4. The second-order valence-electron chi connectivity index (χ2n) is 7.75. The minimum atomic E-state index is -1.10. The van der Waals surface area contributed by atoms with Gasteiger partial charge in [0.2, 0.25) is 5.95 Å². The van der Waals surface area contributed by atoms with Gasteiger partial charge in [0.15, 0.2) is 11.5 Å². The minimum absolute atomic E-state index is 0.0845. The highest BCUT2D eigenvalue weighted by molar-refractivity contribution is 6.07. The number of rotatable bonds is 1. The van der Waals surface area contributed by atoms with Crippen molar-refractivity contribution >= 4 is 11.9 Å². The number of likely N-dealkylation sites (N-methyl/N-ethyl adjacent to an activating group) is 1. The molecule has 1 aromatic heterocycles. The van der Waals surface area contributed by atoms with Crippen LogP contribution >= 0.6 is 0 Å². The van der Waals surface area contributed by atoms with Crippen molar-refractivity contribution in [3.63, 3.8) is 0 Å². The maximum Gasteiger partial charge on any atom is 0.262 e. The lowest BCUT2D eigenvalue weighted by Crippen LogP contribution is -2.53. The molecule has 7 heteroatoms. The highest BCUT2D eigenvalue weighted by Crippen LogP contribution is 2.51. The second-order valence-corrected chi connectivity index (χ2v) is 7.75. The van der Waals surface area contributed by atoms with Gasteiger partial charge in [0.1, 0.15) is 0 Å². The molecule has 1 fully saturated rings. The number of ether oxygens (including phenoxy) is 1. The van der Waals surface area contributed by atoms with Crippen LogP contribution in [-0.2, 0) is 21.5 Å². The smallest absolute Gasteiger partial charge is 0.262 e. The molecule has 5 rings (SSSR count). The first kappa shape index (κ1) is 17.3. The average molecular weight is 380 g/mol. The Morgan fingerprint density at radius 3 is 2.96 bits per heavy atom. The molecule has 1 aromatic carbocycles. The Balaban J connectivity index is 1.74. The standard InChI is InChI=1S/C21H21FN4O2/c1-26-19(27)21(25-20(26)23)16-10-12(15-3-2-7-24-18(15)22)4-5-13(16)9-14-6-8-28-11-17(14)21/h2-5,7,10,14,17H,6,8-9,11H2,1H3,(H2,23,25)/t14-,17+,21+/m1/s1. The van der Waals surface area contributed by atoms with Gasteiger partial charge in [-0.2, -0.15) is 4.39 Å². The van der Waals surface area contributed by atoms with Gasteiger partial charge >= 0.3 is 0 Å². The Labute approximate surface area is 162 Å². The number of hydrogen-bond donors (Lipinski definition) is 1. The number of guanidine groups is 1. The van der Waals surface area contributed by atoms with Crippen molar-refractivity contribution in [1.29, 1.82) is 0 Å². The maximum atomic E-state index is 14.3. The van der Waals surface area contributed by atoms with Crippen LogP contribution in [0.3, 0.4) is 0 Å². The quantitative estimate of drug-likeness (QED) is 0.768. The molecule has 144 valence electrons. The number of nitrogens with zero attached hydrogens (tertiary/aromatic N) is 3. The Hall–Kier alpha value is -2.80. The summed E-state index contributed by atoms with van der Waals surface area (Å²) in [5.74, 6) is -0.257. The third kappa shape index (κ3) is 2.26. The number of carbonyl (C=O) groups is 1. The molecule has 3 heterocycles. The molecule has 0 saturated carbocycles. The lowest BCUT2D eigenvalue weighted by molar-refractivity contribution is -0.137. The molecule has 28 heavy (non-hydrogen) atoms. The van der Waals surface area contributed by atoms with Crippen LogP contribution < -0.4 is 5.73 Å². The molecule has 3 aliphatic rings. The fraction of sp³-hybridized carbons (Fsp3) is 0.381. The van der Waals surface area contributed by atoms with Crippen LogP contribution in [0.2, 0.25) is 0 Å². The molecule has 3 atom stereocenters. The third-order valence-corrected chi connectivity index (χ3v) is 6.37. The number of carbonyl (C=O) groups excluding carboxylic acids is 1. The summed E-state index contributed by atoms with van der Waals surface area (Å²) in [5.41, 5.74) is 7.91. The predicted octanol–water partition coefficient (Wildman–Crippen LogP) is 2.08. The zero-order chi connectivity index (χ0) is 19.5. The first-order valence-corrected chi connectivity index (χ1v) is 9.48. The van der Waals surface area contributed by atoms with E-state index in [1.807, 2.05) is 18.2 Å². The SMILES string of the molecule is CN1C(=O)[C@]2(N=C1N)c1cc(-c3cccnc3F)ccc1C[C@H]1CCOC[C@@H]12. The molecule has 2 N–H and O–H groups in total. The van der Waals surface area contributed by atoms with Crippen LogP contribution in [0.15, 0.2) is 41.5 Å². The lowest BCUT2D eigenvalue weighted by Gasteiger charge is -2.46. The molecule has 2 aromatic rings. The molecule has 1 amide bonds. The summed E-state index contributed by atoms with van der Waals surface area (Å²) in [6.07, 6.45) is 3.16. The minimum Gasteiger partial charge on any atom is -0.381 e. The number of nitrogens with two attached hydrogens (primary N) is 1. The van der Waals surface area contributed by atoms with E-state index in [1.165, 1.54) is 11.1 Å². The number of hydrogen-bond acceptors (Lipinski definition) is 5. The van der Waals surface area contributed by atoms with Gasteiger partial charge in [-0.25, -0.2) is 9.98 Å². The highest BCUT2D eigenvalue weighted by Gasteiger charge is 2.59. The van der Waals surface area contributed by atoms with Crippen LogP contribution in [0.1, 0.15) is 17.5 Å². The van der Waals surface area contributed by atoms with E-state index in [0.29, 0.717) is 30.3 Å². The van der Waals surface area contributed by atoms with E-state index in [-0.39, 0.29) is 17.8 Å². The summed E-state index contributed by atoms with van der Waals surface area (Å²) in [7, 11) is 1.65. The van der Waals surface area contributed by atoms with Crippen LogP contribution in [0.5, 0.6) is 0 Å². The number of amides is 1. The van der Waals surface area contributed by atoms with Crippen molar-refractivity contribution in [2.24, 2.45) is 22.6 Å². The van der Waals surface area contributed by atoms with Crippen LogP contribution in [-0.4, -0.2) is 42.0 Å². The Bertz CT molecular complexity index is 1010. The fourth-order valence-corrected chi connectivity index (χ4v) is 4.93. The molecular formula is C21H21FN4O2. The van der Waals surface area contributed by atoms with Crippen LogP contribution in [0.4, 0.5) is 4.39 Å². The largest absolute Gasteiger partial charge is 0.381 e. The highest BCUT2D eigenvalue weighted by atomic mass is 19.1. The van der Waals surface area contributed by atoms with E-state index < -0.39 is 11.5 Å². The summed E-state index contributed by atoms with van der Waals surface area (Å²) in [5, 5.41) is 0. The molecule has 0 bridgehead atoms. The van der Waals surface area contributed by atoms with Gasteiger partial charge in [-0.1, -0.05) is 12.1 Å². The number of benzene rings is 1. The molecular weight excluding hydrogens is 359 g/mol. The summed E-state index contributed by atoms with van der Waals surface area (Å²) in [6.45, 7) is 1.15. The Kier molecular flexibility index (Phi) is 3.77. The van der Waals surface area contributed by atoms with Gasteiger partial charge < -0.3 is 10.5 Å². The van der Waals surface area contributed by atoms with Gasteiger partial charge in [0, 0.05) is 31.3 Å². The Morgan fingerprint density at radius 2 is 2.21 bits per heavy atom. The van der Waals surface area contributed by atoms with Crippen LogP contribution in [0.25, 0.3) is 11.1 Å². The van der Waals surface area contributed by atoms with E-state index in [4.69, 9.17) is 15.5 Å². The van der Waals surface area contributed by atoms with E-state index in [2.05, 4.69) is 4.98 Å². The molecule has 0 unspecified atom stereocenters. The molecule has 2 aliphatic heterocycles. The van der Waals surface area contributed by atoms with Gasteiger partial charge in [-0.3, -0.25) is 9.69 Å². The maximum absolute atomic E-state index is 14.3. The van der Waals surface area contributed by atoms with Crippen molar-refractivity contribution in [1.82, 2.24) is 9.88 Å². The second kappa shape index (κ2) is 6.10. The third-order valence-electron chi connectivity index (χ3n) is 6.37. The lowest BCUT2D eigenvalue weighted by atomic mass is 9.62. The fourth-order valence-electron chi connectivity index (χ4n) is 4.93. The van der Waals surface area contributed by atoms with E-state index in [9.17, 15) is 9.18 Å². The zero-order valence-corrected chi connectivity index (χ0v) is 15.6. The van der Waals surface area contributed by atoms with Crippen molar-refractivity contribution in [2.75, 3.05) is 20.3 Å². The normalized spacial score (nSPS) is 28.9. The van der Waals surface area contributed by atoms with Crippen molar-refractivity contribution in [3.05, 3.63) is 53.6 Å². The molecule has 1 aliphatic carbocycles. The molecule has 1 spiro atoms. The number of aliphatic imine (C=N–C) groups is 1. The zero-order valence-electron chi connectivity index (χ0n) is 15.6. The summed E-state index contributed by atoms with van der Waals surface area (Å²) in [6, 6.07) is 9.15. The van der Waals surface area contributed by atoms with Gasteiger partial charge in [0.25, 0.3) is 5.91 Å². The summed E-state index contributed by atoms with van der Waals surface area (Å²) in [4.78, 5) is 23.3. The monoisotopic (exact) mass is 380 g/mol. The topological polar surface area (TPSA) is 80.8 Å². The number of pyridine rings is 1. The molecule has 0 radical (unpaired) electrons. The van der Waals surface area contributed by atoms with Gasteiger partial charge in [-0.15, -0.1) is 0 Å². The first-order valence-electron chi connectivity index (χ1n) is 9.48. The van der Waals surface area contributed by atoms with Gasteiger partial charge in [0.05, 0.1) is 6.61 Å². The first-order chi connectivity index (χ1) is 13.5. The molecule has 1 saturated heterocycles. The summed E-state index contributed by atoms with van der Waals surface area (Å²) < 4.78 is 20.0. The summed E-state index contributed by atoms with van der Waals surface area (Å²) >= 11 is 0. The van der Waals surface area contributed by atoms with Crippen molar-refractivity contribution < 1.29 is 13.9 Å². The number of halogens is 1. The van der Waals surface area contributed by atoms with E-state index in [0.717, 1.165) is 24.0 Å². The van der Waals surface area contributed by atoms with Crippen molar-refractivity contribution in [2.45, 2.75) is 18.4 Å². The Morgan fingerprint density at radius 1 is 1.36 bits per heavy atom. The predicted molar refractivity (Wildman–Crippen MR) is 102 cm³/mol. The number of aromatic nitrogens is 1. The van der Waals surface area contributed by atoms with E-state index in [1.54, 1.807) is 19.2 Å². The van der Waals surface area contributed by atoms with E-state index >= 15 is 0 Å². The van der Waals surface area contributed by atoms with Gasteiger partial charge in [-0.05, 0) is 53.6 Å². The van der Waals surface area contributed by atoms with Crippen LogP contribution in [0, 0.1) is 17.8 Å².